The first-order chi connectivity index (χ1) is 10.0. The number of carbonyl (C=O) groups is 1. The first-order valence-electron chi connectivity index (χ1n) is 6.67. The largest absolute Gasteiger partial charge is 0.375 e. The van der Waals surface area contributed by atoms with Crippen molar-refractivity contribution in [1.29, 1.82) is 0 Å². The summed E-state index contributed by atoms with van der Waals surface area (Å²) in [5.74, 6) is -0.206. The minimum absolute atomic E-state index is 0.110. The van der Waals surface area contributed by atoms with Gasteiger partial charge in [0, 0.05) is 18.8 Å². The second kappa shape index (κ2) is 6.99. The molecule has 8 heteroatoms. The Morgan fingerprint density at radius 1 is 1.48 bits per heavy atom. The van der Waals surface area contributed by atoms with Gasteiger partial charge >= 0.3 is 0 Å². The normalized spacial score (nSPS) is 19.2. The molecule has 116 valence electrons. The summed E-state index contributed by atoms with van der Waals surface area (Å²) >= 11 is 0. The van der Waals surface area contributed by atoms with Crippen LogP contribution >= 0.6 is 0 Å². The summed E-state index contributed by atoms with van der Waals surface area (Å²) < 4.78 is 31.1. The Morgan fingerprint density at radius 2 is 2.29 bits per heavy atom. The van der Waals surface area contributed by atoms with E-state index in [9.17, 15) is 13.2 Å². The average Bonchev–Trinajstić information content (AvgIpc) is 2.48. The summed E-state index contributed by atoms with van der Waals surface area (Å²) in [5, 5.41) is 5.83. The van der Waals surface area contributed by atoms with Gasteiger partial charge in [0.05, 0.1) is 24.0 Å². The predicted octanol–water partition coefficient (Wildman–Crippen LogP) is -0.0883. The molecule has 0 aliphatic carbocycles. The van der Waals surface area contributed by atoms with Crippen molar-refractivity contribution in [2.75, 3.05) is 32.1 Å². The van der Waals surface area contributed by atoms with E-state index in [0.717, 1.165) is 6.54 Å². The summed E-state index contributed by atoms with van der Waals surface area (Å²) in [4.78, 5) is 12.0. The molecule has 0 bridgehead atoms. The topological polar surface area (TPSA) is 96.5 Å². The summed E-state index contributed by atoms with van der Waals surface area (Å²) in [7, 11) is -2.18. The number of anilines is 1. The molecule has 1 atom stereocenters. The molecule has 1 unspecified atom stereocenters. The lowest BCUT2D eigenvalue weighted by atomic mass is 10.2. The molecule has 2 rings (SSSR count). The molecule has 1 aliphatic heterocycles. The number of sulfonamides is 1. The quantitative estimate of drug-likeness (QED) is 0.706. The van der Waals surface area contributed by atoms with Gasteiger partial charge < -0.3 is 15.4 Å². The minimum Gasteiger partial charge on any atom is -0.375 e. The third-order valence-corrected chi connectivity index (χ3v) is 4.53. The molecule has 1 fully saturated rings. The van der Waals surface area contributed by atoms with Crippen molar-refractivity contribution < 1.29 is 17.9 Å². The van der Waals surface area contributed by atoms with Crippen molar-refractivity contribution in [2.45, 2.75) is 17.4 Å². The van der Waals surface area contributed by atoms with Gasteiger partial charge in [0.25, 0.3) is 0 Å². The van der Waals surface area contributed by atoms with Crippen LogP contribution in [0.1, 0.15) is 6.42 Å². The van der Waals surface area contributed by atoms with Crippen molar-refractivity contribution in [3.05, 3.63) is 24.3 Å². The molecule has 1 aliphatic rings. The first-order valence-corrected chi connectivity index (χ1v) is 8.15. The molecule has 0 saturated carbocycles. The average molecular weight is 313 g/mol. The Morgan fingerprint density at radius 3 is 2.95 bits per heavy atom. The SMILES string of the molecule is CNS(=O)(=O)c1cccc(NC(=O)CC2CNCCO2)c1. The number of benzene rings is 1. The monoisotopic (exact) mass is 313 g/mol. The van der Waals surface area contributed by atoms with E-state index in [2.05, 4.69) is 15.4 Å². The number of hydrogen-bond donors (Lipinski definition) is 3. The van der Waals surface area contributed by atoms with Gasteiger partial charge in [-0.2, -0.15) is 0 Å². The predicted molar refractivity (Wildman–Crippen MR) is 78.5 cm³/mol. The Labute approximate surface area is 124 Å². The van der Waals surface area contributed by atoms with E-state index in [0.29, 0.717) is 18.8 Å². The van der Waals surface area contributed by atoms with Crippen LogP contribution in [0, 0.1) is 0 Å². The number of nitrogens with one attached hydrogen (secondary N) is 3. The standard InChI is InChI=1S/C13H19N3O4S/c1-14-21(18,19)12-4-2-3-10(7-12)16-13(17)8-11-9-15-5-6-20-11/h2-4,7,11,14-15H,5-6,8-9H2,1H3,(H,16,17). The maximum absolute atomic E-state index is 11.9. The lowest BCUT2D eigenvalue weighted by Crippen LogP contribution is -2.40. The smallest absolute Gasteiger partial charge is 0.240 e. The Bertz CT molecular complexity index is 597. The molecule has 0 spiro atoms. The minimum atomic E-state index is -3.52. The highest BCUT2D eigenvalue weighted by atomic mass is 32.2. The highest BCUT2D eigenvalue weighted by Gasteiger charge is 2.18. The van der Waals surface area contributed by atoms with Crippen LogP contribution in [-0.4, -0.2) is 47.2 Å². The van der Waals surface area contributed by atoms with Gasteiger partial charge in [0.15, 0.2) is 0 Å². The van der Waals surface area contributed by atoms with Gasteiger partial charge in [-0.25, -0.2) is 13.1 Å². The molecule has 1 saturated heterocycles. The highest BCUT2D eigenvalue weighted by molar-refractivity contribution is 7.89. The molecule has 1 aromatic carbocycles. The summed E-state index contributed by atoms with van der Waals surface area (Å²) in [6.07, 6.45) is 0.0821. The van der Waals surface area contributed by atoms with Crippen molar-refractivity contribution in [1.82, 2.24) is 10.0 Å². The van der Waals surface area contributed by atoms with Gasteiger partial charge in [-0.15, -0.1) is 0 Å². The van der Waals surface area contributed by atoms with Crippen LogP contribution in [0.15, 0.2) is 29.2 Å². The number of amides is 1. The molecule has 3 N–H and O–H groups in total. The zero-order valence-corrected chi connectivity index (χ0v) is 12.6. The highest BCUT2D eigenvalue weighted by Crippen LogP contribution is 2.15. The lowest BCUT2D eigenvalue weighted by Gasteiger charge is -2.23. The molecule has 0 radical (unpaired) electrons. The third kappa shape index (κ3) is 4.50. The molecule has 1 heterocycles. The van der Waals surface area contributed by atoms with Crippen molar-refractivity contribution in [2.24, 2.45) is 0 Å². The maximum Gasteiger partial charge on any atom is 0.240 e. The number of rotatable bonds is 5. The number of hydrogen-bond acceptors (Lipinski definition) is 5. The number of morpholine rings is 1. The second-order valence-corrected chi connectivity index (χ2v) is 6.57. The van der Waals surface area contributed by atoms with Gasteiger partial charge in [0.1, 0.15) is 0 Å². The molecular formula is C13H19N3O4S. The Hall–Kier alpha value is -1.48. The molecule has 0 aromatic heterocycles. The summed E-state index contributed by atoms with van der Waals surface area (Å²) in [5.41, 5.74) is 0.445. The van der Waals surface area contributed by atoms with E-state index in [1.165, 1.54) is 19.2 Å². The van der Waals surface area contributed by atoms with Crippen LogP contribution in [0.4, 0.5) is 5.69 Å². The fourth-order valence-electron chi connectivity index (χ4n) is 2.03. The van der Waals surface area contributed by atoms with Crippen molar-refractivity contribution in [3.63, 3.8) is 0 Å². The fourth-order valence-corrected chi connectivity index (χ4v) is 2.80. The molecular weight excluding hydrogens is 294 g/mol. The van der Waals surface area contributed by atoms with E-state index in [4.69, 9.17) is 4.74 Å². The van der Waals surface area contributed by atoms with E-state index < -0.39 is 10.0 Å². The van der Waals surface area contributed by atoms with Gasteiger partial charge in [-0.1, -0.05) is 6.07 Å². The van der Waals surface area contributed by atoms with Gasteiger partial charge in [0.2, 0.25) is 15.9 Å². The lowest BCUT2D eigenvalue weighted by molar-refractivity contribution is -0.119. The maximum atomic E-state index is 11.9. The van der Waals surface area contributed by atoms with Crippen LogP contribution in [0.5, 0.6) is 0 Å². The summed E-state index contributed by atoms with van der Waals surface area (Å²) in [6.45, 7) is 2.03. The first kappa shape index (κ1) is 15.9. The Kier molecular flexibility index (Phi) is 5.29. The van der Waals surface area contributed by atoms with Crippen LogP contribution in [0.2, 0.25) is 0 Å². The third-order valence-electron chi connectivity index (χ3n) is 3.11. The molecule has 1 aromatic rings. The number of carbonyl (C=O) groups excluding carboxylic acids is 1. The number of ether oxygens (including phenoxy) is 1. The van der Waals surface area contributed by atoms with Crippen LogP contribution < -0.4 is 15.4 Å². The van der Waals surface area contributed by atoms with Crippen molar-refractivity contribution >= 4 is 21.6 Å². The van der Waals surface area contributed by atoms with Crippen LogP contribution in [-0.2, 0) is 19.6 Å². The van der Waals surface area contributed by atoms with Crippen LogP contribution in [0.3, 0.4) is 0 Å². The Balaban J connectivity index is 1.99. The zero-order chi connectivity index (χ0) is 15.3. The fraction of sp³-hybridized carbons (Fsp3) is 0.462. The van der Waals surface area contributed by atoms with E-state index in [1.54, 1.807) is 12.1 Å². The van der Waals surface area contributed by atoms with Crippen LogP contribution in [0.25, 0.3) is 0 Å². The second-order valence-electron chi connectivity index (χ2n) is 4.68. The summed E-state index contributed by atoms with van der Waals surface area (Å²) in [6, 6.07) is 6.12. The van der Waals surface area contributed by atoms with Crippen molar-refractivity contribution in [3.8, 4) is 0 Å². The van der Waals surface area contributed by atoms with Gasteiger partial charge in [-0.05, 0) is 25.2 Å². The molecule has 7 nitrogen and oxygen atoms in total. The van der Waals surface area contributed by atoms with E-state index >= 15 is 0 Å². The molecule has 21 heavy (non-hydrogen) atoms. The van der Waals surface area contributed by atoms with Gasteiger partial charge in [-0.3, -0.25) is 4.79 Å². The zero-order valence-electron chi connectivity index (χ0n) is 11.8. The van der Waals surface area contributed by atoms with E-state index in [-0.39, 0.29) is 23.3 Å². The molecule has 1 amide bonds. The van der Waals surface area contributed by atoms with E-state index in [1.807, 2.05) is 0 Å².